The number of ether oxygens (including phenoxy) is 1. The van der Waals surface area contributed by atoms with Crippen LogP contribution in [0.1, 0.15) is 15.9 Å². The number of rotatable bonds is 4. The molecule has 3 aromatic carbocycles. The van der Waals surface area contributed by atoms with Crippen LogP contribution in [-0.4, -0.2) is 6.29 Å². The molecule has 3 aromatic rings. The Balaban J connectivity index is 1.93. The summed E-state index contributed by atoms with van der Waals surface area (Å²) in [7, 11) is 0. The van der Waals surface area contributed by atoms with E-state index < -0.39 is 11.6 Å². The molecule has 0 heterocycles. The summed E-state index contributed by atoms with van der Waals surface area (Å²) < 4.78 is 32.0. The maximum absolute atomic E-state index is 13.2. The van der Waals surface area contributed by atoms with Crippen LogP contribution in [0.15, 0.2) is 54.6 Å². The van der Waals surface area contributed by atoms with Crippen molar-refractivity contribution in [1.82, 2.24) is 0 Å². The van der Waals surface area contributed by atoms with Crippen molar-refractivity contribution in [2.24, 2.45) is 0 Å². The summed E-state index contributed by atoms with van der Waals surface area (Å²) in [6.45, 7) is 0.0408. The molecule has 0 saturated heterocycles. The molecule has 110 valence electrons. The molecule has 0 saturated carbocycles. The molecule has 0 fully saturated rings. The van der Waals surface area contributed by atoms with Crippen LogP contribution in [0.3, 0.4) is 0 Å². The fourth-order valence-corrected chi connectivity index (χ4v) is 2.38. The van der Waals surface area contributed by atoms with E-state index in [9.17, 15) is 13.6 Å². The standard InChI is InChI=1S/C18H12F2O2/c19-14-7-12(8-15(20)9-14)11-22-18-6-5-13(10-21)16-3-1-2-4-17(16)18/h1-10H,11H2. The van der Waals surface area contributed by atoms with E-state index in [4.69, 9.17) is 4.74 Å². The number of carbonyl (C=O) groups excluding carboxylic acids is 1. The van der Waals surface area contributed by atoms with Crippen molar-refractivity contribution in [3.8, 4) is 5.75 Å². The largest absolute Gasteiger partial charge is 0.488 e. The highest BCUT2D eigenvalue weighted by Crippen LogP contribution is 2.28. The molecule has 0 radical (unpaired) electrons. The van der Waals surface area contributed by atoms with Crippen LogP contribution in [0.4, 0.5) is 8.78 Å². The molecule has 0 spiro atoms. The first kappa shape index (κ1) is 14.2. The summed E-state index contributed by atoms with van der Waals surface area (Å²) in [4.78, 5) is 11.1. The van der Waals surface area contributed by atoms with Gasteiger partial charge >= 0.3 is 0 Å². The Morgan fingerprint density at radius 1 is 0.909 bits per heavy atom. The molecule has 0 atom stereocenters. The van der Waals surface area contributed by atoms with E-state index in [0.717, 1.165) is 23.1 Å². The minimum Gasteiger partial charge on any atom is -0.488 e. The Morgan fingerprint density at radius 3 is 2.27 bits per heavy atom. The highest BCUT2D eigenvalue weighted by atomic mass is 19.1. The lowest BCUT2D eigenvalue weighted by molar-refractivity contribution is 0.112. The molecule has 0 aromatic heterocycles. The molecule has 0 aliphatic carbocycles. The van der Waals surface area contributed by atoms with Gasteiger partial charge in [-0.3, -0.25) is 4.79 Å². The summed E-state index contributed by atoms with van der Waals surface area (Å²) in [5, 5.41) is 1.56. The lowest BCUT2D eigenvalue weighted by atomic mass is 10.0. The second kappa shape index (κ2) is 5.93. The van der Waals surface area contributed by atoms with Crippen molar-refractivity contribution in [2.75, 3.05) is 0 Å². The Hall–Kier alpha value is -2.75. The van der Waals surface area contributed by atoms with Crippen molar-refractivity contribution in [3.63, 3.8) is 0 Å². The topological polar surface area (TPSA) is 26.3 Å². The molecule has 3 rings (SSSR count). The van der Waals surface area contributed by atoms with Gasteiger partial charge in [-0.05, 0) is 35.2 Å². The Kier molecular flexibility index (Phi) is 3.83. The lowest BCUT2D eigenvalue weighted by Gasteiger charge is -2.11. The summed E-state index contributed by atoms with van der Waals surface area (Å²) in [5.41, 5.74) is 0.973. The Labute approximate surface area is 126 Å². The number of carbonyl (C=O) groups is 1. The van der Waals surface area contributed by atoms with Gasteiger partial charge in [0, 0.05) is 17.0 Å². The monoisotopic (exact) mass is 298 g/mol. The number of benzene rings is 3. The average molecular weight is 298 g/mol. The Bertz CT molecular complexity index is 823. The zero-order valence-electron chi connectivity index (χ0n) is 11.6. The molecular formula is C18H12F2O2. The summed E-state index contributed by atoms with van der Waals surface area (Å²) >= 11 is 0. The average Bonchev–Trinajstić information content (AvgIpc) is 2.51. The normalized spacial score (nSPS) is 10.6. The van der Waals surface area contributed by atoms with Gasteiger partial charge in [-0.2, -0.15) is 0 Å². The molecule has 0 unspecified atom stereocenters. The third-order valence-electron chi connectivity index (χ3n) is 3.36. The molecule has 0 aliphatic rings. The van der Waals surface area contributed by atoms with Gasteiger partial charge in [0.2, 0.25) is 0 Å². The quantitative estimate of drug-likeness (QED) is 0.662. The highest BCUT2D eigenvalue weighted by molar-refractivity contribution is 6.00. The van der Waals surface area contributed by atoms with Crippen LogP contribution in [-0.2, 0) is 6.61 Å². The van der Waals surface area contributed by atoms with E-state index in [-0.39, 0.29) is 6.61 Å². The lowest BCUT2D eigenvalue weighted by Crippen LogP contribution is -1.98. The number of hydrogen-bond donors (Lipinski definition) is 0. The second-order valence-corrected chi connectivity index (χ2v) is 4.88. The smallest absolute Gasteiger partial charge is 0.150 e. The zero-order valence-corrected chi connectivity index (χ0v) is 11.6. The predicted octanol–water partition coefficient (Wildman–Crippen LogP) is 4.51. The Morgan fingerprint density at radius 2 is 1.59 bits per heavy atom. The van der Waals surface area contributed by atoms with Crippen LogP contribution < -0.4 is 4.74 Å². The van der Waals surface area contributed by atoms with Crippen LogP contribution in [0.5, 0.6) is 5.75 Å². The van der Waals surface area contributed by atoms with Gasteiger partial charge in [0.05, 0.1) is 0 Å². The third-order valence-corrected chi connectivity index (χ3v) is 3.36. The fourth-order valence-electron chi connectivity index (χ4n) is 2.38. The van der Waals surface area contributed by atoms with Gasteiger partial charge in [-0.1, -0.05) is 24.3 Å². The van der Waals surface area contributed by atoms with Gasteiger partial charge < -0.3 is 4.74 Å². The SMILES string of the molecule is O=Cc1ccc(OCc2cc(F)cc(F)c2)c2ccccc12. The number of aldehydes is 1. The van der Waals surface area contributed by atoms with Crippen LogP contribution >= 0.6 is 0 Å². The molecular weight excluding hydrogens is 286 g/mol. The van der Waals surface area contributed by atoms with Crippen molar-refractivity contribution >= 4 is 17.1 Å². The van der Waals surface area contributed by atoms with E-state index in [2.05, 4.69) is 0 Å². The molecule has 0 N–H and O–H groups in total. The van der Waals surface area contributed by atoms with Crippen molar-refractivity contribution in [3.05, 3.63) is 77.4 Å². The van der Waals surface area contributed by atoms with E-state index in [1.165, 1.54) is 12.1 Å². The predicted molar refractivity (Wildman–Crippen MR) is 80.0 cm³/mol. The molecule has 2 nitrogen and oxygen atoms in total. The van der Waals surface area contributed by atoms with E-state index in [1.54, 1.807) is 12.1 Å². The van der Waals surface area contributed by atoms with Crippen LogP contribution in [0.2, 0.25) is 0 Å². The maximum Gasteiger partial charge on any atom is 0.150 e. The minimum atomic E-state index is -0.639. The number of hydrogen-bond acceptors (Lipinski definition) is 2. The van der Waals surface area contributed by atoms with Crippen molar-refractivity contribution < 1.29 is 18.3 Å². The fraction of sp³-hybridized carbons (Fsp3) is 0.0556. The van der Waals surface area contributed by atoms with Gasteiger partial charge in [0.1, 0.15) is 24.0 Å². The second-order valence-electron chi connectivity index (χ2n) is 4.88. The summed E-state index contributed by atoms with van der Waals surface area (Å²) in [5.74, 6) is -0.717. The molecule has 0 bridgehead atoms. The maximum atomic E-state index is 13.2. The van der Waals surface area contributed by atoms with Gasteiger partial charge in [0.15, 0.2) is 6.29 Å². The minimum absolute atomic E-state index is 0.0408. The highest BCUT2D eigenvalue weighted by Gasteiger charge is 2.07. The van der Waals surface area contributed by atoms with Crippen molar-refractivity contribution in [2.45, 2.75) is 6.61 Å². The van der Waals surface area contributed by atoms with Crippen LogP contribution in [0, 0.1) is 11.6 Å². The van der Waals surface area contributed by atoms with Gasteiger partial charge in [-0.15, -0.1) is 0 Å². The first-order chi connectivity index (χ1) is 10.7. The van der Waals surface area contributed by atoms with Crippen molar-refractivity contribution in [1.29, 1.82) is 0 Å². The number of halogens is 2. The third kappa shape index (κ3) is 2.81. The molecule has 22 heavy (non-hydrogen) atoms. The van der Waals surface area contributed by atoms with Gasteiger partial charge in [-0.25, -0.2) is 8.78 Å². The molecule has 4 heteroatoms. The molecule has 0 amide bonds. The first-order valence-electron chi connectivity index (χ1n) is 6.72. The van der Waals surface area contributed by atoms with Gasteiger partial charge in [0.25, 0.3) is 0 Å². The summed E-state index contributed by atoms with van der Waals surface area (Å²) in [6.07, 6.45) is 0.786. The van der Waals surface area contributed by atoms with E-state index >= 15 is 0 Å². The van der Waals surface area contributed by atoms with E-state index in [0.29, 0.717) is 16.9 Å². The van der Waals surface area contributed by atoms with Crippen LogP contribution in [0.25, 0.3) is 10.8 Å². The summed E-state index contributed by atoms with van der Waals surface area (Å²) in [6, 6.07) is 14.0. The first-order valence-corrected chi connectivity index (χ1v) is 6.72. The van der Waals surface area contributed by atoms with E-state index in [1.807, 2.05) is 24.3 Å². The molecule has 0 aliphatic heterocycles. The zero-order chi connectivity index (χ0) is 15.5. The number of fused-ring (bicyclic) bond motifs is 1.